The van der Waals surface area contributed by atoms with Crippen molar-refractivity contribution in [1.82, 2.24) is 0 Å². The van der Waals surface area contributed by atoms with E-state index in [9.17, 15) is 4.79 Å². The normalized spacial score (nSPS) is 14.9. The number of carbonyl (C=O) groups excluding carboxylic acids is 1. The molecule has 0 bridgehead atoms. The molecule has 0 aromatic heterocycles. The van der Waals surface area contributed by atoms with Gasteiger partial charge in [0.05, 0.1) is 6.10 Å². The largest absolute Gasteiger partial charge is 0.457 e. The molecule has 5 heteroatoms. The van der Waals surface area contributed by atoms with Gasteiger partial charge in [0.25, 0.3) is 0 Å². The van der Waals surface area contributed by atoms with E-state index in [1.54, 1.807) is 0 Å². The van der Waals surface area contributed by atoms with E-state index in [0.29, 0.717) is 12.3 Å². The van der Waals surface area contributed by atoms with Crippen molar-refractivity contribution in [3.63, 3.8) is 0 Å². The Morgan fingerprint density at radius 1 is 0.973 bits per heavy atom. The number of anilines is 1. The van der Waals surface area contributed by atoms with Crippen molar-refractivity contribution >= 4 is 20.6 Å². The van der Waals surface area contributed by atoms with Gasteiger partial charge in [0, 0.05) is 34.7 Å². The number of benzene rings is 3. The minimum Gasteiger partial charge on any atom is -0.457 e. The van der Waals surface area contributed by atoms with Gasteiger partial charge in [-0.15, -0.1) is 0 Å². The van der Waals surface area contributed by atoms with Gasteiger partial charge in [-0.1, -0.05) is 82.3 Å². The third kappa shape index (κ3) is 6.34. The summed E-state index contributed by atoms with van der Waals surface area (Å²) in [7, 11) is -1.31. The maximum Gasteiger partial charge on any atom is 0.225 e. The van der Waals surface area contributed by atoms with Crippen molar-refractivity contribution in [3.8, 4) is 11.5 Å². The molecule has 0 radical (unpaired) electrons. The second-order valence-electron chi connectivity index (χ2n) is 11.7. The van der Waals surface area contributed by atoms with Crippen LogP contribution in [0.5, 0.6) is 11.5 Å². The molecule has 3 aromatic carbocycles. The number of aryl methyl sites for hydroxylation is 1. The highest BCUT2D eigenvalue weighted by Gasteiger charge is 2.30. The number of ether oxygens (including phenoxy) is 1. The minimum atomic E-state index is -1.31. The third-order valence-electron chi connectivity index (χ3n) is 7.60. The van der Waals surface area contributed by atoms with Crippen molar-refractivity contribution in [2.45, 2.75) is 72.6 Å². The average Bonchev–Trinajstić information content (AvgIpc) is 2.84. The van der Waals surface area contributed by atoms with E-state index in [1.165, 1.54) is 0 Å². The Hall–Kier alpha value is -2.89. The van der Waals surface area contributed by atoms with Crippen LogP contribution in [0.1, 0.15) is 74.8 Å². The van der Waals surface area contributed by atoms with Crippen LogP contribution in [0.3, 0.4) is 0 Å². The second-order valence-corrected chi connectivity index (χ2v) is 14.1. The number of hydrogen-bond donors (Lipinski definition) is 1. The third-order valence-corrected chi connectivity index (χ3v) is 8.47. The molecule has 1 amide bonds. The predicted molar refractivity (Wildman–Crippen MR) is 155 cm³/mol. The lowest BCUT2D eigenvalue weighted by molar-refractivity contribution is -0.116. The van der Waals surface area contributed by atoms with E-state index in [2.05, 4.69) is 83.4 Å². The Kier molecular flexibility index (Phi) is 8.25. The lowest BCUT2D eigenvalue weighted by Crippen LogP contribution is -2.25. The number of rotatable bonds is 8. The van der Waals surface area contributed by atoms with E-state index in [1.807, 2.05) is 36.4 Å². The fourth-order valence-corrected chi connectivity index (χ4v) is 5.91. The Morgan fingerprint density at radius 3 is 2.14 bits per heavy atom. The average molecular weight is 516 g/mol. The molecule has 4 rings (SSSR count). The first-order chi connectivity index (χ1) is 17.5. The van der Waals surface area contributed by atoms with Gasteiger partial charge in [0.2, 0.25) is 5.91 Å². The molecule has 196 valence electrons. The van der Waals surface area contributed by atoms with Crippen LogP contribution in [0, 0.1) is 18.3 Å². The molecule has 0 saturated heterocycles. The van der Waals surface area contributed by atoms with E-state index in [-0.39, 0.29) is 23.3 Å². The molecule has 0 aliphatic carbocycles. The fraction of sp³-hybridized carbons (Fsp3) is 0.406. The van der Waals surface area contributed by atoms with Crippen LogP contribution >= 0.6 is 0 Å². The van der Waals surface area contributed by atoms with Gasteiger partial charge in [0.15, 0.2) is 9.04 Å². The molecule has 1 aliphatic heterocycles. The van der Waals surface area contributed by atoms with Gasteiger partial charge in [-0.05, 0) is 55.5 Å². The Balaban J connectivity index is 1.63. The maximum absolute atomic E-state index is 13.6. The number of carbonyl (C=O) groups is 1. The number of para-hydroxylation sites is 3. The van der Waals surface area contributed by atoms with Crippen molar-refractivity contribution in [2.24, 2.45) is 11.3 Å². The van der Waals surface area contributed by atoms with Crippen LogP contribution in [-0.4, -0.2) is 14.9 Å². The van der Waals surface area contributed by atoms with Crippen molar-refractivity contribution < 1.29 is 14.0 Å². The summed E-state index contributed by atoms with van der Waals surface area (Å²) in [4.78, 5) is 13.6. The van der Waals surface area contributed by atoms with Crippen molar-refractivity contribution in [3.05, 3.63) is 89.0 Å². The van der Waals surface area contributed by atoms with Crippen LogP contribution in [-0.2, 0) is 9.22 Å². The topological polar surface area (TPSA) is 47.6 Å². The summed E-state index contributed by atoms with van der Waals surface area (Å²) in [6.45, 7) is 15.6. The summed E-state index contributed by atoms with van der Waals surface area (Å²) in [5, 5.41) is 3.31. The molecule has 3 aromatic rings. The molecule has 37 heavy (non-hydrogen) atoms. The van der Waals surface area contributed by atoms with Gasteiger partial charge in [-0.3, -0.25) is 4.79 Å². The first-order valence-electron chi connectivity index (χ1n) is 13.4. The van der Waals surface area contributed by atoms with Crippen LogP contribution in [0.2, 0.25) is 13.1 Å². The Morgan fingerprint density at radius 2 is 1.57 bits per heavy atom. The van der Waals surface area contributed by atoms with Crippen LogP contribution in [0.25, 0.3) is 0 Å². The van der Waals surface area contributed by atoms with Gasteiger partial charge >= 0.3 is 0 Å². The maximum atomic E-state index is 13.6. The quantitative estimate of drug-likeness (QED) is 0.307. The molecule has 1 aliphatic rings. The standard InChI is InChI=1S/C32H41NO3Si/c1-21-13-12-16-25(29(36-37(6)7)19-22(2)32(3,4)5)31(21)33-30(34)20-26-23-14-8-10-17-27(23)35-28-18-11-9-15-24(26)28/h8-18,22,26,29,37H,19-20H2,1-7H3,(H,33,34). The van der Waals surface area contributed by atoms with Crippen molar-refractivity contribution in [1.29, 1.82) is 0 Å². The lowest BCUT2D eigenvalue weighted by atomic mass is 9.78. The first kappa shape index (κ1) is 27.1. The highest BCUT2D eigenvalue weighted by Crippen LogP contribution is 2.46. The molecule has 0 saturated carbocycles. The summed E-state index contributed by atoms with van der Waals surface area (Å²) in [5.74, 6) is 2.04. The molecular weight excluding hydrogens is 474 g/mol. The SMILES string of the molecule is Cc1cccc(C(CC(C)C(C)(C)C)O[SiH](C)C)c1NC(=O)CC1c2ccccc2Oc2ccccc21. The molecule has 1 heterocycles. The number of amides is 1. The molecule has 4 nitrogen and oxygen atoms in total. The molecule has 1 N–H and O–H groups in total. The van der Waals surface area contributed by atoms with E-state index < -0.39 is 9.04 Å². The molecule has 2 atom stereocenters. The summed E-state index contributed by atoms with van der Waals surface area (Å²) in [6.07, 6.45) is 1.22. The van der Waals surface area contributed by atoms with Crippen LogP contribution in [0.15, 0.2) is 66.7 Å². The lowest BCUT2D eigenvalue weighted by Gasteiger charge is -2.33. The Labute approximate surface area is 224 Å². The second kappa shape index (κ2) is 11.2. The fourth-order valence-electron chi connectivity index (χ4n) is 4.99. The number of hydrogen-bond acceptors (Lipinski definition) is 3. The van der Waals surface area contributed by atoms with Gasteiger partial charge in [-0.25, -0.2) is 0 Å². The first-order valence-corrected chi connectivity index (χ1v) is 16.2. The van der Waals surface area contributed by atoms with Gasteiger partial charge in [0.1, 0.15) is 11.5 Å². The Bertz CT molecular complexity index is 1200. The summed E-state index contributed by atoms with van der Waals surface area (Å²) >= 11 is 0. The smallest absolute Gasteiger partial charge is 0.225 e. The monoisotopic (exact) mass is 515 g/mol. The van der Waals surface area contributed by atoms with E-state index >= 15 is 0 Å². The summed E-state index contributed by atoms with van der Waals surface area (Å²) < 4.78 is 12.7. The summed E-state index contributed by atoms with van der Waals surface area (Å²) in [5.41, 5.74) is 5.30. The number of fused-ring (bicyclic) bond motifs is 2. The minimum absolute atomic E-state index is 0.00327. The molecule has 0 spiro atoms. The zero-order chi connectivity index (χ0) is 26.7. The van der Waals surface area contributed by atoms with E-state index in [4.69, 9.17) is 9.16 Å². The van der Waals surface area contributed by atoms with Crippen molar-refractivity contribution in [2.75, 3.05) is 5.32 Å². The highest BCUT2D eigenvalue weighted by molar-refractivity contribution is 6.48. The molecule has 0 fully saturated rings. The molecular formula is C32H41NO3Si. The summed E-state index contributed by atoms with van der Waals surface area (Å²) in [6, 6.07) is 22.3. The zero-order valence-corrected chi connectivity index (χ0v) is 24.5. The van der Waals surface area contributed by atoms with E-state index in [0.717, 1.165) is 45.9 Å². The predicted octanol–water partition coefficient (Wildman–Crippen LogP) is 8.37. The van der Waals surface area contributed by atoms with Gasteiger partial charge < -0.3 is 14.5 Å². The molecule has 2 unspecified atom stereocenters. The zero-order valence-electron chi connectivity index (χ0n) is 23.3. The van der Waals surface area contributed by atoms with Crippen LogP contribution < -0.4 is 10.1 Å². The number of nitrogens with one attached hydrogen (secondary N) is 1. The van der Waals surface area contributed by atoms with Gasteiger partial charge in [-0.2, -0.15) is 0 Å². The van der Waals surface area contributed by atoms with Crippen LogP contribution in [0.4, 0.5) is 5.69 Å². The highest BCUT2D eigenvalue weighted by atomic mass is 28.3.